The van der Waals surface area contributed by atoms with Crippen molar-refractivity contribution >= 4 is 33.4 Å². The maximum Gasteiger partial charge on any atom is 0.299 e. The molecule has 0 radical (unpaired) electrons. The maximum atomic E-state index is 11.2. The van der Waals surface area contributed by atoms with E-state index in [0.717, 1.165) is 42.2 Å². The summed E-state index contributed by atoms with van der Waals surface area (Å²) in [5.74, 6) is 0. The van der Waals surface area contributed by atoms with E-state index in [4.69, 9.17) is 0 Å². The number of hydrogen-bond acceptors (Lipinski definition) is 7. The van der Waals surface area contributed by atoms with Crippen LogP contribution in [0.15, 0.2) is 18.2 Å². The highest BCUT2D eigenvalue weighted by molar-refractivity contribution is 7.16. The Labute approximate surface area is 140 Å². The topological polar surface area (TPSA) is 122 Å². The number of nitrogens with zero attached hydrogens (tertiary/aromatic N) is 3. The molecule has 0 unspecified atom stereocenters. The minimum absolute atomic E-state index is 0.140. The molecule has 0 spiro atoms. The first-order chi connectivity index (χ1) is 11.5. The zero-order valence-corrected chi connectivity index (χ0v) is 13.3. The summed E-state index contributed by atoms with van der Waals surface area (Å²) < 4.78 is 0. The summed E-state index contributed by atoms with van der Waals surface area (Å²) in [6, 6.07) is 5.60. The largest absolute Gasteiger partial charge is 0.341 e. The molecule has 0 bridgehead atoms. The molecule has 24 heavy (non-hydrogen) atoms. The van der Waals surface area contributed by atoms with Crippen LogP contribution in [-0.4, -0.2) is 9.85 Å². The van der Waals surface area contributed by atoms with Crippen molar-refractivity contribution in [1.82, 2.24) is 0 Å². The van der Waals surface area contributed by atoms with Crippen molar-refractivity contribution in [2.24, 2.45) is 0 Å². The maximum absolute atomic E-state index is 11.2. The Hall–Kier alpha value is -2.99. The fourth-order valence-corrected chi connectivity index (χ4v) is 4.04. The number of non-ortho nitro benzene ring substituents is 1. The van der Waals surface area contributed by atoms with E-state index >= 15 is 0 Å². The number of nitriles is 1. The summed E-state index contributed by atoms with van der Waals surface area (Å²) in [7, 11) is 0. The van der Waals surface area contributed by atoms with Crippen LogP contribution in [0.1, 0.15) is 28.8 Å². The predicted octanol–water partition coefficient (Wildman–Crippen LogP) is 4.06. The first kappa shape index (κ1) is 15.9. The molecule has 0 aliphatic heterocycles. The molecule has 9 heteroatoms. The second-order valence-corrected chi connectivity index (χ2v) is 6.47. The number of nitro groups is 2. The molecule has 2 aromatic rings. The second-order valence-electron chi connectivity index (χ2n) is 5.37. The number of nitro benzene ring substituents is 2. The van der Waals surface area contributed by atoms with E-state index in [1.165, 1.54) is 23.5 Å². The Morgan fingerprint density at radius 2 is 1.92 bits per heavy atom. The number of rotatable bonds is 4. The molecule has 0 fully saturated rings. The molecule has 1 aliphatic rings. The number of anilines is 2. The van der Waals surface area contributed by atoms with Crippen molar-refractivity contribution in [2.75, 3.05) is 5.32 Å². The van der Waals surface area contributed by atoms with Crippen LogP contribution in [0, 0.1) is 31.6 Å². The average molecular weight is 344 g/mol. The van der Waals surface area contributed by atoms with Crippen molar-refractivity contribution in [2.45, 2.75) is 25.7 Å². The number of nitrogens with one attached hydrogen (secondary N) is 1. The van der Waals surface area contributed by atoms with Crippen LogP contribution in [0.2, 0.25) is 0 Å². The van der Waals surface area contributed by atoms with E-state index in [1.807, 2.05) is 0 Å². The standard InChI is InChI=1S/C15H12N4O4S/c16-8-11-10-3-1-2-4-14(10)24-15(11)17-12-6-5-9(18(20)21)7-13(12)19(22)23/h5-7,17H,1-4H2. The summed E-state index contributed by atoms with van der Waals surface area (Å²) in [4.78, 5) is 21.8. The van der Waals surface area contributed by atoms with Crippen LogP contribution in [-0.2, 0) is 12.8 Å². The van der Waals surface area contributed by atoms with Crippen LogP contribution >= 0.6 is 11.3 Å². The van der Waals surface area contributed by atoms with Gasteiger partial charge in [0, 0.05) is 10.9 Å². The number of aryl methyl sites for hydroxylation is 1. The monoisotopic (exact) mass is 344 g/mol. The van der Waals surface area contributed by atoms with E-state index in [1.54, 1.807) is 0 Å². The summed E-state index contributed by atoms with van der Waals surface area (Å²) in [5.41, 5.74) is 0.932. The van der Waals surface area contributed by atoms with Crippen molar-refractivity contribution in [3.8, 4) is 6.07 Å². The highest BCUT2D eigenvalue weighted by atomic mass is 32.1. The van der Waals surface area contributed by atoms with Gasteiger partial charge in [0.25, 0.3) is 11.4 Å². The predicted molar refractivity (Wildman–Crippen MR) is 88.7 cm³/mol. The average Bonchev–Trinajstić information content (AvgIpc) is 2.91. The number of benzene rings is 1. The Morgan fingerprint density at radius 3 is 2.58 bits per heavy atom. The third kappa shape index (κ3) is 2.79. The van der Waals surface area contributed by atoms with Gasteiger partial charge in [-0.2, -0.15) is 5.26 Å². The SMILES string of the molecule is N#Cc1c(Nc2ccc([N+](=O)[O-])cc2[N+](=O)[O-])sc2c1CCCC2. The molecule has 0 saturated carbocycles. The van der Waals surface area contributed by atoms with Crippen LogP contribution in [0.3, 0.4) is 0 Å². The summed E-state index contributed by atoms with van der Waals surface area (Å²) in [5, 5.41) is 34.9. The zero-order chi connectivity index (χ0) is 17.3. The molecule has 1 aliphatic carbocycles. The van der Waals surface area contributed by atoms with Crippen LogP contribution in [0.5, 0.6) is 0 Å². The zero-order valence-electron chi connectivity index (χ0n) is 12.4. The van der Waals surface area contributed by atoms with Gasteiger partial charge in [-0.25, -0.2) is 0 Å². The minimum Gasteiger partial charge on any atom is -0.341 e. The molecular formula is C15H12N4O4S. The Bertz CT molecular complexity index is 884. The number of fused-ring (bicyclic) bond motifs is 1. The van der Waals surface area contributed by atoms with Crippen molar-refractivity contribution in [3.05, 3.63) is 54.4 Å². The summed E-state index contributed by atoms with van der Waals surface area (Å²) in [6.07, 6.45) is 3.82. The molecule has 0 amide bonds. The van der Waals surface area contributed by atoms with Gasteiger partial charge in [-0.05, 0) is 37.3 Å². The lowest BCUT2D eigenvalue weighted by atomic mass is 9.96. The van der Waals surface area contributed by atoms with Gasteiger partial charge in [-0.3, -0.25) is 20.2 Å². The van der Waals surface area contributed by atoms with E-state index in [-0.39, 0.29) is 17.1 Å². The normalized spacial score (nSPS) is 13.0. The van der Waals surface area contributed by atoms with Gasteiger partial charge in [-0.1, -0.05) is 0 Å². The lowest BCUT2D eigenvalue weighted by Crippen LogP contribution is -2.00. The van der Waals surface area contributed by atoms with Crippen LogP contribution < -0.4 is 5.32 Å². The molecule has 0 atom stereocenters. The third-order valence-corrected chi connectivity index (χ3v) is 5.13. The smallest absolute Gasteiger partial charge is 0.299 e. The number of hydrogen-bond donors (Lipinski definition) is 1. The fourth-order valence-electron chi connectivity index (χ4n) is 2.78. The fraction of sp³-hybridized carbons (Fsp3) is 0.267. The minimum atomic E-state index is -0.679. The molecule has 1 N–H and O–H groups in total. The first-order valence-corrected chi connectivity index (χ1v) is 8.07. The van der Waals surface area contributed by atoms with Gasteiger partial charge >= 0.3 is 0 Å². The van der Waals surface area contributed by atoms with Crippen molar-refractivity contribution < 1.29 is 9.85 Å². The van der Waals surface area contributed by atoms with Crippen molar-refractivity contribution in [3.63, 3.8) is 0 Å². The van der Waals surface area contributed by atoms with Gasteiger partial charge in [0.15, 0.2) is 0 Å². The molecule has 1 aromatic heterocycles. The Morgan fingerprint density at radius 1 is 1.17 bits per heavy atom. The van der Waals surface area contributed by atoms with E-state index in [9.17, 15) is 25.5 Å². The van der Waals surface area contributed by atoms with Gasteiger partial charge < -0.3 is 5.32 Å². The molecule has 0 saturated heterocycles. The molecular weight excluding hydrogens is 332 g/mol. The lowest BCUT2D eigenvalue weighted by molar-refractivity contribution is -0.393. The molecule has 8 nitrogen and oxygen atoms in total. The molecule has 1 aromatic carbocycles. The van der Waals surface area contributed by atoms with E-state index in [2.05, 4.69) is 11.4 Å². The van der Waals surface area contributed by atoms with E-state index < -0.39 is 9.85 Å². The van der Waals surface area contributed by atoms with Crippen molar-refractivity contribution in [1.29, 1.82) is 5.26 Å². The highest BCUT2D eigenvalue weighted by Gasteiger charge is 2.24. The Balaban J connectivity index is 2.03. The van der Waals surface area contributed by atoms with Crippen LogP contribution in [0.25, 0.3) is 0 Å². The van der Waals surface area contributed by atoms with E-state index in [0.29, 0.717) is 10.6 Å². The summed E-state index contributed by atoms with van der Waals surface area (Å²) >= 11 is 1.42. The van der Waals surface area contributed by atoms with Gasteiger partial charge in [0.05, 0.1) is 21.5 Å². The third-order valence-electron chi connectivity index (χ3n) is 3.92. The quantitative estimate of drug-likeness (QED) is 0.659. The van der Waals surface area contributed by atoms with Gasteiger partial charge in [-0.15, -0.1) is 11.3 Å². The second kappa shape index (κ2) is 6.25. The number of thiophene rings is 1. The van der Waals surface area contributed by atoms with Gasteiger partial charge in [0.1, 0.15) is 16.8 Å². The highest BCUT2D eigenvalue weighted by Crippen LogP contribution is 2.41. The Kier molecular flexibility index (Phi) is 4.14. The molecule has 3 rings (SSSR count). The molecule has 1 heterocycles. The van der Waals surface area contributed by atoms with Gasteiger partial charge in [0.2, 0.25) is 0 Å². The molecule has 122 valence electrons. The van der Waals surface area contributed by atoms with Crippen LogP contribution in [0.4, 0.5) is 22.1 Å². The first-order valence-electron chi connectivity index (χ1n) is 7.25. The summed E-state index contributed by atoms with van der Waals surface area (Å²) in [6.45, 7) is 0. The lowest BCUT2D eigenvalue weighted by Gasteiger charge is -2.09.